The van der Waals surface area contributed by atoms with Gasteiger partial charge >= 0.3 is 6.03 Å². The first-order valence-electron chi connectivity index (χ1n) is 9.58. The van der Waals surface area contributed by atoms with Crippen molar-refractivity contribution in [2.45, 2.75) is 50.0 Å². The number of carbonyl (C=O) groups is 1. The molecular formula is C19H29N3O3S. The zero-order valence-electron chi connectivity index (χ0n) is 15.4. The first-order chi connectivity index (χ1) is 12.5. The van der Waals surface area contributed by atoms with Crippen molar-refractivity contribution in [1.82, 2.24) is 14.5 Å². The van der Waals surface area contributed by atoms with Crippen LogP contribution in [-0.2, 0) is 10.0 Å². The molecule has 1 unspecified atom stereocenters. The summed E-state index contributed by atoms with van der Waals surface area (Å²) in [4.78, 5) is 14.6. The number of amides is 2. The highest BCUT2D eigenvalue weighted by atomic mass is 32.2. The second-order valence-corrected chi connectivity index (χ2v) is 9.32. The number of hydrogen-bond donors (Lipinski definition) is 1. The minimum Gasteiger partial charge on any atom is -0.338 e. The molecule has 0 spiro atoms. The maximum Gasteiger partial charge on any atom is 0.317 e. The lowest BCUT2D eigenvalue weighted by atomic mass is 9.98. The van der Waals surface area contributed by atoms with Crippen LogP contribution in [0.2, 0.25) is 0 Å². The molecule has 1 atom stereocenters. The Labute approximate surface area is 156 Å². The first kappa shape index (κ1) is 19.2. The molecule has 2 fully saturated rings. The highest BCUT2D eigenvalue weighted by Gasteiger charge is 2.30. The van der Waals surface area contributed by atoms with Crippen LogP contribution in [-0.4, -0.2) is 55.9 Å². The zero-order chi connectivity index (χ0) is 18.6. The summed E-state index contributed by atoms with van der Waals surface area (Å²) in [6, 6.07) is 8.92. The zero-order valence-corrected chi connectivity index (χ0v) is 16.2. The van der Waals surface area contributed by atoms with Gasteiger partial charge in [-0.05, 0) is 57.1 Å². The average Bonchev–Trinajstić information content (AvgIpc) is 2.67. The van der Waals surface area contributed by atoms with Gasteiger partial charge in [-0.3, -0.25) is 0 Å². The molecule has 0 bridgehead atoms. The van der Waals surface area contributed by atoms with Crippen LogP contribution in [0.3, 0.4) is 0 Å². The number of urea groups is 1. The van der Waals surface area contributed by atoms with Gasteiger partial charge in [-0.15, -0.1) is 0 Å². The van der Waals surface area contributed by atoms with Crippen molar-refractivity contribution in [3.8, 4) is 0 Å². The van der Waals surface area contributed by atoms with Gasteiger partial charge in [-0.25, -0.2) is 13.2 Å². The Kier molecular flexibility index (Phi) is 6.19. The van der Waals surface area contributed by atoms with Crippen molar-refractivity contribution in [2.24, 2.45) is 5.92 Å². The van der Waals surface area contributed by atoms with Crippen molar-refractivity contribution >= 4 is 16.1 Å². The standard InChI is InChI=1S/C19H29N3O3S/c1-16-7-5-6-12-22(16)19(23)20-15-17-10-13-21(14-11-17)26(24,25)18-8-3-2-4-9-18/h2-4,8-9,16-17H,5-7,10-15H2,1H3,(H,20,23). The van der Waals surface area contributed by atoms with Crippen molar-refractivity contribution in [3.05, 3.63) is 30.3 Å². The van der Waals surface area contributed by atoms with E-state index in [2.05, 4.69) is 12.2 Å². The molecular weight excluding hydrogens is 350 g/mol. The van der Waals surface area contributed by atoms with Crippen molar-refractivity contribution in [3.63, 3.8) is 0 Å². The van der Waals surface area contributed by atoms with Gasteiger partial charge in [0, 0.05) is 32.2 Å². The summed E-state index contributed by atoms with van der Waals surface area (Å²) < 4.78 is 26.9. The molecule has 2 aliphatic rings. The van der Waals surface area contributed by atoms with E-state index >= 15 is 0 Å². The summed E-state index contributed by atoms with van der Waals surface area (Å²) in [5, 5.41) is 3.06. The number of piperidine rings is 2. The first-order valence-corrected chi connectivity index (χ1v) is 11.0. The third kappa shape index (κ3) is 4.38. The normalized spacial score (nSPS) is 23.0. The van der Waals surface area contributed by atoms with Crippen molar-refractivity contribution in [1.29, 1.82) is 0 Å². The topological polar surface area (TPSA) is 69.7 Å². The molecule has 26 heavy (non-hydrogen) atoms. The average molecular weight is 380 g/mol. The minimum atomic E-state index is -3.40. The van der Waals surface area contributed by atoms with Gasteiger partial charge in [-0.2, -0.15) is 4.31 Å². The Balaban J connectivity index is 1.47. The molecule has 2 saturated heterocycles. The second kappa shape index (κ2) is 8.39. The lowest BCUT2D eigenvalue weighted by molar-refractivity contribution is 0.154. The van der Waals surface area contributed by atoms with Crippen LogP contribution in [0.1, 0.15) is 39.0 Å². The van der Waals surface area contributed by atoms with Crippen LogP contribution in [0.4, 0.5) is 4.79 Å². The molecule has 0 aromatic heterocycles. The Hall–Kier alpha value is -1.60. The maximum atomic E-state index is 12.7. The molecule has 6 nitrogen and oxygen atoms in total. The molecule has 1 aromatic carbocycles. The third-order valence-corrected chi connectivity index (χ3v) is 7.47. The fraction of sp³-hybridized carbons (Fsp3) is 0.632. The Morgan fingerprint density at radius 3 is 2.42 bits per heavy atom. The highest BCUT2D eigenvalue weighted by Crippen LogP contribution is 2.23. The number of hydrogen-bond acceptors (Lipinski definition) is 3. The van der Waals surface area contributed by atoms with Gasteiger partial charge in [0.1, 0.15) is 0 Å². The number of nitrogens with one attached hydrogen (secondary N) is 1. The van der Waals surface area contributed by atoms with Gasteiger partial charge < -0.3 is 10.2 Å². The Morgan fingerprint density at radius 2 is 1.77 bits per heavy atom. The number of sulfonamides is 1. The second-order valence-electron chi connectivity index (χ2n) is 7.38. The molecule has 0 radical (unpaired) electrons. The lowest BCUT2D eigenvalue weighted by Crippen LogP contribution is -2.49. The minimum absolute atomic E-state index is 0.0246. The lowest BCUT2D eigenvalue weighted by Gasteiger charge is -2.35. The van der Waals surface area contributed by atoms with E-state index in [4.69, 9.17) is 0 Å². The van der Waals surface area contributed by atoms with Crippen LogP contribution in [0, 0.1) is 5.92 Å². The van der Waals surface area contributed by atoms with Crippen LogP contribution >= 0.6 is 0 Å². The summed E-state index contributed by atoms with van der Waals surface area (Å²) in [6.45, 7) is 4.59. The van der Waals surface area contributed by atoms with Gasteiger partial charge in [0.2, 0.25) is 10.0 Å². The highest BCUT2D eigenvalue weighted by molar-refractivity contribution is 7.89. The van der Waals surface area contributed by atoms with E-state index in [0.717, 1.165) is 32.2 Å². The molecule has 3 rings (SSSR count). The number of nitrogens with zero attached hydrogens (tertiary/aromatic N) is 2. The molecule has 0 aliphatic carbocycles. The van der Waals surface area contributed by atoms with Crippen molar-refractivity contribution < 1.29 is 13.2 Å². The summed E-state index contributed by atoms with van der Waals surface area (Å²) in [5.74, 6) is 0.335. The molecule has 2 heterocycles. The van der Waals surface area contributed by atoms with E-state index in [1.807, 2.05) is 11.0 Å². The van der Waals surface area contributed by atoms with Crippen LogP contribution in [0.25, 0.3) is 0 Å². The monoisotopic (exact) mass is 379 g/mol. The Morgan fingerprint density at radius 1 is 1.08 bits per heavy atom. The van der Waals surface area contributed by atoms with E-state index in [0.29, 0.717) is 36.5 Å². The van der Waals surface area contributed by atoms with Gasteiger partial charge in [0.25, 0.3) is 0 Å². The van der Waals surface area contributed by atoms with Gasteiger partial charge in [0.05, 0.1) is 4.90 Å². The summed E-state index contributed by atoms with van der Waals surface area (Å²) in [6.07, 6.45) is 4.90. The maximum absolute atomic E-state index is 12.7. The van der Waals surface area contributed by atoms with Crippen molar-refractivity contribution in [2.75, 3.05) is 26.2 Å². The largest absolute Gasteiger partial charge is 0.338 e. The summed E-state index contributed by atoms with van der Waals surface area (Å²) in [5.41, 5.74) is 0. The predicted octanol–water partition coefficient (Wildman–Crippen LogP) is 2.67. The number of benzene rings is 1. The van der Waals surface area contributed by atoms with E-state index in [9.17, 15) is 13.2 Å². The Bertz CT molecular complexity index is 700. The van der Waals surface area contributed by atoms with Crippen LogP contribution < -0.4 is 5.32 Å². The summed E-state index contributed by atoms with van der Waals surface area (Å²) >= 11 is 0. The predicted molar refractivity (Wildman–Crippen MR) is 101 cm³/mol. The van der Waals surface area contributed by atoms with Crippen LogP contribution in [0.15, 0.2) is 35.2 Å². The SMILES string of the molecule is CC1CCCCN1C(=O)NCC1CCN(S(=O)(=O)c2ccccc2)CC1. The molecule has 144 valence electrons. The quantitative estimate of drug-likeness (QED) is 0.874. The number of likely N-dealkylation sites (tertiary alicyclic amines) is 1. The molecule has 1 N–H and O–H groups in total. The summed E-state index contributed by atoms with van der Waals surface area (Å²) in [7, 11) is -3.40. The van der Waals surface area contributed by atoms with E-state index in [1.165, 1.54) is 6.42 Å². The smallest absolute Gasteiger partial charge is 0.317 e. The number of carbonyl (C=O) groups excluding carboxylic acids is 1. The molecule has 0 saturated carbocycles. The number of rotatable bonds is 4. The van der Waals surface area contributed by atoms with Gasteiger partial charge in [0.15, 0.2) is 0 Å². The molecule has 1 aromatic rings. The van der Waals surface area contributed by atoms with Gasteiger partial charge in [-0.1, -0.05) is 18.2 Å². The molecule has 2 amide bonds. The third-order valence-electron chi connectivity index (χ3n) is 5.56. The van der Waals surface area contributed by atoms with E-state index < -0.39 is 10.0 Å². The fourth-order valence-corrected chi connectivity index (χ4v) is 5.32. The molecule has 7 heteroatoms. The fourth-order valence-electron chi connectivity index (χ4n) is 3.83. The van der Waals surface area contributed by atoms with Crippen LogP contribution in [0.5, 0.6) is 0 Å². The molecule has 2 aliphatic heterocycles. The van der Waals surface area contributed by atoms with E-state index in [-0.39, 0.29) is 6.03 Å². The van der Waals surface area contributed by atoms with E-state index in [1.54, 1.807) is 28.6 Å².